The lowest BCUT2D eigenvalue weighted by Gasteiger charge is -2.15. The van der Waals surface area contributed by atoms with Gasteiger partial charge in [0, 0.05) is 24.2 Å². The number of ether oxygens (including phenoxy) is 2. The number of amides is 2. The van der Waals surface area contributed by atoms with Crippen LogP contribution < -0.4 is 20.1 Å². The monoisotopic (exact) mass is 548 g/mol. The summed E-state index contributed by atoms with van der Waals surface area (Å²) in [6.45, 7) is 18.8. The van der Waals surface area contributed by atoms with E-state index in [-0.39, 0.29) is 49.7 Å². The third-order valence-corrected chi connectivity index (χ3v) is 6.95. The summed E-state index contributed by atoms with van der Waals surface area (Å²) in [7, 11) is 0. The summed E-state index contributed by atoms with van der Waals surface area (Å²) in [5, 5.41) is 5.38. The maximum atomic E-state index is 12.5. The van der Waals surface area contributed by atoms with Crippen molar-refractivity contribution in [2.75, 3.05) is 26.3 Å². The maximum absolute atomic E-state index is 12.5. The molecule has 0 aliphatic heterocycles. The van der Waals surface area contributed by atoms with Crippen LogP contribution in [0.25, 0.3) is 0 Å². The van der Waals surface area contributed by atoms with E-state index in [9.17, 15) is 19.2 Å². The fourth-order valence-electron chi connectivity index (χ4n) is 3.89. The van der Waals surface area contributed by atoms with Crippen molar-refractivity contribution in [1.29, 1.82) is 0 Å². The van der Waals surface area contributed by atoms with E-state index in [1.807, 2.05) is 41.5 Å². The van der Waals surface area contributed by atoms with Crippen LogP contribution in [0.5, 0.6) is 11.5 Å². The zero-order valence-corrected chi connectivity index (χ0v) is 24.4. The Morgan fingerprint density at radius 2 is 0.975 bits per heavy atom. The van der Waals surface area contributed by atoms with Gasteiger partial charge in [-0.15, -0.1) is 0 Å². The molecule has 0 spiro atoms. The van der Waals surface area contributed by atoms with Crippen molar-refractivity contribution in [2.45, 2.75) is 54.4 Å². The van der Waals surface area contributed by atoms with Crippen LogP contribution in [0, 0.1) is 27.7 Å². The van der Waals surface area contributed by atoms with E-state index in [4.69, 9.17) is 9.47 Å². The highest BCUT2D eigenvalue weighted by molar-refractivity contribution is 6.10. The molecule has 0 unspecified atom stereocenters. The summed E-state index contributed by atoms with van der Waals surface area (Å²) in [6, 6.07) is 6.75. The molecule has 0 aliphatic carbocycles. The van der Waals surface area contributed by atoms with E-state index < -0.39 is 0 Å². The number of nitrogens with one attached hydrogen (secondary N) is 2. The number of benzene rings is 2. The quantitative estimate of drug-likeness (QED) is 0.186. The molecule has 0 aliphatic rings. The standard InChI is InChI=1S/C32H40N2O6/c1-9-19(3)31(37)25-11-13-27(23(7)21(25)5)39-17-29(35)33-15-16-34-30(36)18-40-28-14-12-26(22(6)24(28)8)32(38)20(4)10-2/h11-14H,3-4,9-10,15-18H2,1-2,5-8H3,(H,33,35)(H,34,36). The average molecular weight is 549 g/mol. The number of Topliss-reactive ketones (excluding diaryl/α,β-unsaturated/α-hetero) is 2. The molecule has 40 heavy (non-hydrogen) atoms. The van der Waals surface area contributed by atoms with Crippen LogP contribution in [0.2, 0.25) is 0 Å². The summed E-state index contributed by atoms with van der Waals surface area (Å²) < 4.78 is 11.3. The summed E-state index contributed by atoms with van der Waals surface area (Å²) in [5.41, 5.74) is 5.40. The van der Waals surface area contributed by atoms with Crippen LogP contribution in [-0.4, -0.2) is 49.7 Å². The van der Waals surface area contributed by atoms with E-state index >= 15 is 0 Å². The Bertz CT molecular complexity index is 1220. The topological polar surface area (TPSA) is 111 Å². The van der Waals surface area contributed by atoms with Crippen molar-refractivity contribution in [3.05, 3.63) is 82.0 Å². The molecule has 2 amide bonds. The largest absolute Gasteiger partial charge is 0.483 e. The second-order valence-corrected chi connectivity index (χ2v) is 9.57. The van der Waals surface area contributed by atoms with Gasteiger partial charge in [0.15, 0.2) is 24.8 Å². The van der Waals surface area contributed by atoms with Crippen molar-refractivity contribution in [1.82, 2.24) is 10.6 Å². The van der Waals surface area contributed by atoms with Crippen LogP contribution in [0.1, 0.15) is 69.7 Å². The first-order valence-corrected chi connectivity index (χ1v) is 13.4. The van der Waals surface area contributed by atoms with Crippen molar-refractivity contribution in [3.63, 3.8) is 0 Å². The fraction of sp³-hybridized carbons (Fsp3) is 0.375. The van der Waals surface area contributed by atoms with Crippen molar-refractivity contribution < 1.29 is 28.7 Å². The summed E-state index contributed by atoms with van der Waals surface area (Å²) in [6.07, 6.45) is 1.16. The number of hydrogen-bond acceptors (Lipinski definition) is 6. The van der Waals surface area contributed by atoms with Gasteiger partial charge in [0.25, 0.3) is 11.8 Å². The van der Waals surface area contributed by atoms with E-state index in [2.05, 4.69) is 23.8 Å². The first-order chi connectivity index (χ1) is 18.9. The lowest BCUT2D eigenvalue weighted by molar-refractivity contribution is -0.124. The number of carbonyl (C=O) groups is 4. The molecule has 2 N–H and O–H groups in total. The summed E-state index contributed by atoms with van der Waals surface area (Å²) in [5.74, 6) is 0.189. The maximum Gasteiger partial charge on any atom is 0.258 e. The molecule has 8 heteroatoms. The minimum absolute atomic E-state index is 0.0893. The third-order valence-electron chi connectivity index (χ3n) is 6.95. The number of carbonyl (C=O) groups excluding carboxylic acids is 4. The molecule has 2 aromatic rings. The average Bonchev–Trinajstić information content (AvgIpc) is 2.95. The molecule has 2 aromatic carbocycles. The lowest BCUT2D eigenvalue weighted by Crippen LogP contribution is -2.38. The molecule has 0 radical (unpaired) electrons. The van der Waals surface area contributed by atoms with Gasteiger partial charge in [0.1, 0.15) is 11.5 Å². The Morgan fingerprint density at radius 1 is 0.625 bits per heavy atom. The Hall–Kier alpha value is -4.20. The van der Waals surface area contributed by atoms with Crippen molar-refractivity contribution in [3.8, 4) is 11.5 Å². The highest BCUT2D eigenvalue weighted by atomic mass is 16.5. The molecule has 0 bridgehead atoms. The molecule has 0 saturated heterocycles. The molecule has 2 rings (SSSR count). The molecule has 0 fully saturated rings. The van der Waals surface area contributed by atoms with E-state index in [0.717, 1.165) is 22.3 Å². The van der Waals surface area contributed by atoms with Crippen molar-refractivity contribution in [2.24, 2.45) is 0 Å². The molecular weight excluding hydrogens is 508 g/mol. The Morgan fingerprint density at radius 3 is 1.30 bits per heavy atom. The first-order valence-electron chi connectivity index (χ1n) is 13.4. The SMILES string of the molecule is C=C(CC)C(=O)c1ccc(OCC(=O)NCCNC(=O)COc2ccc(C(=O)C(=C)CC)c(C)c2C)c(C)c1C. The Labute approximate surface area is 236 Å². The molecular formula is C32H40N2O6. The summed E-state index contributed by atoms with van der Waals surface area (Å²) in [4.78, 5) is 49.4. The molecule has 8 nitrogen and oxygen atoms in total. The Balaban J connectivity index is 1.77. The normalized spacial score (nSPS) is 10.4. The van der Waals surface area contributed by atoms with Gasteiger partial charge < -0.3 is 20.1 Å². The van der Waals surface area contributed by atoms with Crippen LogP contribution in [0.4, 0.5) is 0 Å². The number of ketones is 2. The van der Waals surface area contributed by atoms with Gasteiger partial charge in [0.2, 0.25) is 0 Å². The zero-order chi connectivity index (χ0) is 30.0. The van der Waals surface area contributed by atoms with E-state index in [1.165, 1.54) is 0 Å². The summed E-state index contributed by atoms with van der Waals surface area (Å²) >= 11 is 0. The molecule has 0 saturated carbocycles. The smallest absolute Gasteiger partial charge is 0.258 e. The molecule has 0 aromatic heterocycles. The number of rotatable bonds is 15. The van der Waals surface area contributed by atoms with Gasteiger partial charge in [-0.1, -0.05) is 27.0 Å². The van der Waals surface area contributed by atoms with Crippen molar-refractivity contribution >= 4 is 23.4 Å². The van der Waals surface area contributed by atoms with E-state index in [0.29, 0.717) is 46.6 Å². The van der Waals surface area contributed by atoms with Crippen LogP contribution in [0.15, 0.2) is 48.6 Å². The molecule has 0 atom stereocenters. The van der Waals surface area contributed by atoms with Gasteiger partial charge in [0.05, 0.1) is 0 Å². The predicted octanol–water partition coefficient (Wildman–Crippen LogP) is 4.91. The second kappa shape index (κ2) is 14.8. The highest BCUT2D eigenvalue weighted by Gasteiger charge is 2.17. The number of allylic oxidation sites excluding steroid dienone is 2. The molecule has 0 heterocycles. The minimum atomic E-state index is -0.339. The van der Waals surface area contributed by atoms with Crippen LogP contribution >= 0.6 is 0 Å². The second-order valence-electron chi connectivity index (χ2n) is 9.57. The lowest BCUT2D eigenvalue weighted by atomic mass is 9.95. The van der Waals surface area contributed by atoms with E-state index in [1.54, 1.807) is 24.3 Å². The minimum Gasteiger partial charge on any atom is -0.483 e. The first kappa shape index (κ1) is 32.0. The van der Waals surface area contributed by atoms with Gasteiger partial charge >= 0.3 is 0 Å². The number of hydrogen-bond donors (Lipinski definition) is 2. The third kappa shape index (κ3) is 8.15. The fourth-order valence-corrected chi connectivity index (χ4v) is 3.89. The van der Waals surface area contributed by atoms with Gasteiger partial charge in [-0.05, 0) is 98.2 Å². The zero-order valence-electron chi connectivity index (χ0n) is 24.4. The van der Waals surface area contributed by atoms with Gasteiger partial charge in [-0.25, -0.2) is 0 Å². The van der Waals surface area contributed by atoms with Crippen LogP contribution in [0.3, 0.4) is 0 Å². The molecule has 214 valence electrons. The predicted molar refractivity (Wildman–Crippen MR) is 156 cm³/mol. The van der Waals surface area contributed by atoms with Gasteiger partial charge in [-0.2, -0.15) is 0 Å². The highest BCUT2D eigenvalue weighted by Crippen LogP contribution is 2.27. The Kier molecular flexibility index (Phi) is 11.9. The van der Waals surface area contributed by atoms with Gasteiger partial charge in [-0.3, -0.25) is 19.2 Å². The van der Waals surface area contributed by atoms with Crippen LogP contribution in [-0.2, 0) is 9.59 Å².